The van der Waals surface area contributed by atoms with E-state index >= 15 is 0 Å². The van der Waals surface area contributed by atoms with E-state index in [1.807, 2.05) is 32.9 Å². The molecule has 0 fully saturated rings. The van der Waals surface area contributed by atoms with Gasteiger partial charge in [0, 0.05) is 12.6 Å². The number of nitrogens with one attached hydrogen (secondary N) is 1. The normalized spacial score (nSPS) is 12.3. The van der Waals surface area contributed by atoms with Crippen molar-refractivity contribution in [2.75, 3.05) is 19.6 Å². The molecule has 0 aliphatic heterocycles. The second-order valence-corrected chi connectivity index (χ2v) is 7.29. The number of nitrogens with zero attached hydrogens (tertiary/aromatic N) is 1. The van der Waals surface area contributed by atoms with E-state index in [9.17, 15) is 8.42 Å². The van der Waals surface area contributed by atoms with E-state index in [0.717, 1.165) is 25.9 Å². The molecule has 1 N–H and O–H groups in total. The molecule has 21 heavy (non-hydrogen) atoms. The monoisotopic (exact) mass is 312 g/mol. The summed E-state index contributed by atoms with van der Waals surface area (Å²) in [5, 5.41) is 3.29. The first kappa shape index (κ1) is 18.1. The molecule has 0 aromatic heterocycles. The van der Waals surface area contributed by atoms with Gasteiger partial charge in [-0.25, -0.2) is 8.42 Å². The van der Waals surface area contributed by atoms with Crippen molar-refractivity contribution in [3.63, 3.8) is 0 Å². The molecule has 0 heterocycles. The predicted octanol–water partition coefficient (Wildman–Crippen LogP) is 2.65. The molecule has 1 aromatic rings. The van der Waals surface area contributed by atoms with Crippen LogP contribution in [0.15, 0.2) is 29.2 Å². The molecule has 5 heteroatoms. The Labute approximate surface area is 129 Å². The van der Waals surface area contributed by atoms with Gasteiger partial charge in [0.15, 0.2) is 0 Å². The summed E-state index contributed by atoms with van der Waals surface area (Å²) in [6, 6.07) is 7.27. The third-order valence-corrected chi connectivity index (χ3v) is 5.65. The number of aryl methyl sites for hydroxylation is 1. The summed E-state index contributed by atoms with van der Waals surface area (Å²) in [5.41, 5.74) is 1.18. The van der Waals surface area contributed by atoms with Gasteiger partial charge in [-0.3, -0.25) is 0 Å². The lowest BCUT2D eigenvalue weighted by Crippen LogP contribution is -2.36. The Bertz CT molecular complexity index is 510. The molecule has 0 unspecified atom stereocenters. The number of sulfonamides is 1. The maximum absolute atomic E-state index is 12.5. The molecular formula is C16H28N2O2S. The summed E-state index contributed by atoms with van der Waals surface area (Å²) in [6.07, 6.45) is 2.03. The number of benzene rings is 1. The lowest BCUT2D eigenvalue weighted by molar-refractivity contribution is 0.369. The molecule has 0 radical (unpaired) electrons. The van der Waals surface area contributed by atoms with E-state index in [1.54, 1.807) is 12.1 Å². The third kappa shape index (κ3) is 5.09. The van der Waals surface area contributed by atoms with E-state index < -0.39 is 10.0 Å². The van der Waals surface area contributed by atoms with Crippen molar-refractivity contribution in [3.05, 3.63) is 29.8 Å². The summed E-state index contributed by atoms with van der Waals surface area (Å²) in [5.74, 6) is 0. The Morgan fingerprint density at radius 1 is 1.14 bits per heavy atom. The minimum atomic E-state index is -3.38. The van der Waals surface area contributed by atoms with E-state index in [1.165, 1.54) is 9.87 Å². The van der Waals surface area contributed by atoms with Crippen LogP contribution in [0.25, 0.3) is 0 Å². The summed E-state index contributed by atoms with van der Waals surface area (Å²) in [6.45, 7) is 10.2. The van der Waals surface area contributed by atoms with Gasteiger partial charge in [-0.05, 0) is 57.5 Å². The molecule has 4 nitrogen and oxygen atoms in total. The quantitative estimate of drug-likeness (QED) is 0.713. The maximum atomic E-state index is 12.5. The molecule has 0 bridgehead atoms. The zero-order valence-corrected chi connectivity index (χ0v) is 14.4. The first-order valence-electron chi connectivity index (χ1n) is 7.75. The highest BCUT2D eigenvalue weighted by Crippen LogP contribution is 2.19. The zero-order valence-electron chi connectivity index (χ0n) is 13.6. The van der Waals surface area contributed by atoms with Crippen LogP contribution in [-0.2, 0) is 16.4 Å². The van der Waals surface area contributed by atoms with Crippen LogP contribution in [0.2, 0.25) is 0 Å². The largest absolute Gasteiger partial charge is 0.317 e. The summed E-state index contributed by atoms with van der Waals surface area (Å²) in [7, 11) is -3.38. The Morgan fingerprint density at radius 3 is 2.24 bits per heavy atom. The number of hydrogen-bond donors (Lipinski definition) is 1. The van der Waals surface area contributed by atoms with Crippen LogP contribution in [0.1, 0.15) is 39.7 Å². The van der Waals surface area contributed by atoms with Gasteiger partial charge >= 0.3 is 0 Å². The van der Waals surface area contributed by atoms with Gasteiger partial charge in [-0.2, -0.15) is 4.31 Å². The number of hydrogen-bond acceptors (Lipinski definition) is 3. The van der Waals surface area contributed by atoms with Crippen LogP contribution in [0.3, 0.4) is 0 Å². The average Bonchev–Trinajstić information content (AvgIpc) is 2.44. The van der Waals surface area contributed by atoms with Gasteiger partial charge in [-0.15, -0.1) is 0 Å². The third-order valence-electron chi connectivity index (χ3n) is 3.49. The summed E-state index contributed by atoms with van der Waals surface area (Å²) >= 11 is 0. The minimum absolute atomic E-state index is 0.0280. The summed E-state index contributed by atoms with van der Waals surface area (Å²) < 4.78 is 26.6. The van der Waals surface area contributed by atoms with Crippen molar-refractivity contribution in [2.24, 2.45) is 0 Å². The molecule has 1 rings (SSSR count). The highest BCUT2D eigenvalue weighted by Gasteiger charge is 2.25. The molecule has 0 saturated carbocycles. The molecule has 0 amide bonds. The Kier molecular flexibility index (Phi) is 7.35. The molecule has 0 saturated heterocycles. The van der Waals surface area contributed by atoms with Crippen molar-refractivity contribution in [1.82, 2.24) is 9.62 Å². The first-order valence-corrected chi connectivity index (χ1v) is 9.19. The highest BCUT2D eigenvalue weighted by atomic mass is 32.2. The standard InChI is InChI=1S/C16H28N2O2S/c1-5-17-13-7-8-15-9-11-16(12-10-15)21(19,20)18(6-2)14(3)4/h9-12,14,17H,5-8,13H2,1-4H3. The SMILES string of the molecule is CCNCCCc1ccc(S(=O)(=O)N(CC)C(C)C)cc1. The maximum Gasteiger partial charge on any atom is 0.243 e. The van der Waals surface area contributed by atoms with Crippen molar-refractivity contribution >= 4 is 10.0 Å². The second-order valence-electron chi connectivity index (χ2n) is 5.40. The van der Waals surface area contributed by atoms with Gasteiger partial charge < -0.3 is 5.32 Å². The molecular weight excluding hydrogens is 284 g/mol. The predicted molar refractivity (Wildman–Crippen MR) is 88.0 cm³/mol. The van der Waals surface area contributed by atoms with Crippen LogP contribution in [-0.4, -0.2) is 38.4 Å². The molecule has 120 valence electrons. The molecule has 1 aromatic carbocycles. The van der Waals surface area contributed by atoms with Gasteiger partial charge in [0.1, 0.15) is 0 Å². The van der Waals surface area contributed by atoms with Gasteiger partial charge in [-0.1, -0.05) is 26.0 Å². The Morgan fingerprint density at radius 2 is 1.76 bits per heavy atom. The van der Waals surface area contributed by atoms with E-state index in [0.29, 0.717) is 11.4 Å². The fraction of sp³-hybridized carbons (Fsp3) is 0.625. The Balaban J connectivity index is 2.77. The minimum Gasteiger partial charge on any atom is -0.317 e. The Hall–Kier alpha value is -0.910. The summed E-state index contributed by atoms with van der Waals surface area (Å²) in [4.78, 5) is 0.383. The van der Waals surface area contributed by atoms with Crippen molar-refractivity contribution in [3.8, 4) is 0 Å². The number of rotatable bonds is 9. The van der Waals surface area contributed by atoms with Crippen molar-refractivity contribution in [2.45, 2.75) is 51.5 Å². The van der Waals surface area contributed by atoms with Crippen LogP contribution in [0, 0.1) is 0 Å². The average molecular weight is 312 g/mol. The lowest BCUT2D eigenvalue weighted by atomic mass is 10.1. The van der Waals surface area contributed by atoms with Crippen molar-refractivity contribution < 1.29 is 8.42 Å². The van der Waals surface area contributed by atoms with Gasteiger partial charge in [0.05, 0.1) is 4.90 Å². The lowest BCUT2D eigenvalue weighted by Gasteiger charge is -2.24. The van der Waals surface area contributed by atoms with Crippen molar-refractivity contribution in [1.29, 1.82) is 0 Å². The first-order chi connectivity index (χ1) is 9.93. The molecule has 0 atom stereocenters. The molecule has 0 aliphatic rings. The van der Waals surface area contributed by atoms with E-state index in [2.05, 4.69) is 12.2 Å². The molecule has 0 aliphatic carbocycles. The second kappa shape index (κ2) is 8.51. The van der Waals surface area contributed by atoms with Crippen LogP contribution in [0.5, 0.6) is 0 Å². The fourth-order valence-electron chi connectivity index (χ4n) is 2.37. The van der Waals surface area contributed by atoms with Gasteiger partial charge in [0.25, 0.3) is 0 Å². The topological polar surface area (TPSA) is 49.4 Å². The zero-order chi connectivity index (χ0) is 15.9. The van der Waals surface area contributed by atoms with Crippen LogP contribution < -0.4 is 5.32 Å². The molecule has 0 spiro atoms. The fourth-order valence-corrected chi connectivity index (χ4v) is 4.02. The van der Waals surface area contributed by atoms with Crippen LogP contribution in [0.4, 0.5) is 0 Å². The van der Waals surface area contributed by atoms with E-state index in [4.69, 9.17) is 0 Å². The highest BCUT2D eigenvalue weighted by molar-refractivity contribution is 7.89. The van der Waals surface area contributed by atoms with Crippen LogP contribution >= 0.6 is 0 Å². The smallest absolute Gasteiger partial charge is 0.243 e. The van der Waals surface area contributed by atoms with E-state index in [-0.39, 0.29) is 6.04 Å². The van der Waals surface area contributed by atoms with Gasteiger partial charge in [0.2, 0.25) is 10.0 Å².